The number of amides is 1. The first-order valence-electron chi connectivity index (χ1n) is 5.42. The van der Waals surface area contributed by atoms with Crippen LogP contribution >= 0.6 is 15.9 Å². The van der Waals surface area contributed by atoms with Gasteiger partial charge in [0.25, 0.3) is 0 Å². The van der Waals surface area contributed by atoms with Gasteiger partial charge in [0.2, 0.25) is 5.91 Å². The number of aliphatic hydroxyl groups is 1. The Balaban J connectivity index is 2.51. The first-order chi connectivity index (χ1) is 7.61. The van der Waals surface area contributed by atoms with Gasteiger partial charge in [-0.15, -0.1) is 0 Å². The number of nitrogens with one attached hydrogen (secondary N) is 1. The van der Waals surface area contributed by atoms with Crippen LogP contribution in [-0.4, -0.2) is 11.0 Å². The highest BCUT2D eigenvalue weighted by atomic mass is 79.9. The van der Waals surface area contributed by atoms with Crippen LogP contribution in [0.3, 0.4) is 0 Å². The zero-order chi connectivity index (χ0) is 11.7. The largest absolute Gasteiger partial charge is 0.388 e. The molecule has 1 amide bonds. The van der Waals surface area contributed by atoms with Crippen molar-refractivity contribution in [2.75, 3.05) is 5.32 Å². The standard InChI is InChI=1S/C12H14BrNO2/c1-2-10(15)9-6-8(13)5-7-3-4-11(16)14-12(7)9/h5-6,10,15H,2-4H2,1H3,(H,14,16). The van der Waals surface area contributed by atoms with Crippen LogP contribution in [-0.2, 0) is 11.2 Å². The Kier molecular flexibility index (Phi) is 3.30. The number of hydrogen-bond acceptors (Lipinski definition) is 2. The molecule has 1 aromatic rings. The number of halogens is 1. The molecule has 1 heterocycles. The lowest BCUT2D eigenvalue weighted by atomic mass is 9.95. The van der Waals surface area contributed by atoms with Gasteiger partial charge in [0, 0.05) is 22.1 Å². The van der Waals surface area contributed by atoms with Crippen LogP contribution in [0.1, 0.15) is 37.0 Å². The Hall–Kier alpha value is -0.870. The van der Waals surface area contributed by atoms with E-state index >= 15 is 0 Å². The fourth-order valence-electron chi connectivity index (χ4n) is 1.97. The Labute approximate surface area is 103 Å². The molecule has 2 N–H and O–H groups in total. The van der Waals surface area contributed by atoms with Crippen molar-refractivity contribution in [2.45, 2.75) is 32.3 Å². The molecule has 1 atom stereocenters. The minimum Gasteiger partial charge on any atom is -0.388 e. The predicted molar refractivity (Wildman–Crippen MR) is 66.3 cm³/mol. The van der Waals surface area contributed by atoms with Crippen molar-refractivity contribution in [1.82, 2.24) is 0 Å². The summed E-state index contributed by atoms with van der Waals surface area (Å²) in [5, 5.41) is 12.8. The predicted octanol–water partition coefficient (Wildman–Crippen LogP) is 2.78. The van der Waals surface area contributed by atoms with E-state index in [0.717, 1.165) is 27.7 Å². The van der Waals surface area contributed by atoms with E-state index in [0.29, 0.717) is 12.8 Å². The highest BCUT2D eigenvalue weighted by Gasteiger charge is 2.21. The summed E-state index contributed by atoms with van der Waals surface area (Å²) in [7, 11) is 0. The lowest BCUT2D eigenvalue weighted by Gasteiger charge is -2.22. The minimum absolute atomic E-state index is 0.0272. The zero-order valence-electron chi connectivity index (χ0n) is 9.09. The van der Waals surface area contributed by atoms with Gasteiger partial charge in [-0.1, -0.05) is 22.9 Å². The topological polar surface area (TPSA) is 49.3 Å². The molecule has 1 aliphatic heterocycles. The molecule has 0 spiro atoms. The molecule has 1 unspecified atom stereocenters. The average molecular weight is 284 g/mol. The number of fused-ring (bicyclic) bond motifs is 1. The summed E-state index contributed by atoms with van der Waals surface area (Å²) in [6.45, 7) is 1.92. The van der Waals surface area contributed by atoms with E-state index in [4.69, 9.17) is 0 Å². The maximum Gasteiger partial charge on any atom is 0.224 e. The number of aliphatic hydroxyl groups excluding tert-OH is 1. The molecule has 86 valence electrons. The van der Waals surface area contributed by atoms with Gasteiger partial charge in [-0.25, -0.2) is 0 Å². The number of rotatable bonds is 2. The summed E-state index contributed by atoms with van der Waals surface area (Å²) in [5.41, 5.74) is 2.70. The smallest absolute Gasteiger partial charge is 0.224 e. The second-order valence-electron chi connectivity index (χ2n) is 4.00. The quantitative estimate of drug-likeness (QED) is 0.877. The Morgan fingerprint density at radius 2 is 2.25 bits per heavy atom. The molecule has 1 aromatic carbocycles. The monoisotopic (exact) mass is 283 g/mol. The van der Waals surface area contributed by atoms with Crippen LogP contribution in [0.2, 0.25) is 0 Å². The maximum atomic E-state index is 11.4. The van der Waals surface area contributed by atoms with Crippen molar-refractivity contribution < 1.29 is 9.90 Å². The van der Waals surface area contributed by atoms with E-state index in [1.54, 1.807) is 0 Å². The number of aryl methyl sites for hydroxylation is 1. The molecular weight excluding hydrogens is 270 g/mol. The summed E-state index contributed by atoms with van der Waals surface area (Å²) in [6, 6.07) is 3.87. The van der Waals surface area contributed by atoms with Crippen LogP contribution in [0.4, 0.5) is 5.69 Å². The summed E-state index contributed by atoms with van der Waals surface area (Å²) >= 11 is 3.43. The fraction of sp³-hybridized carbons (Fsp3) is 0.417. The van der Waals surface area contributed by atoms with Gasteiger partial charge in [0.1, 0.15) is 0 Å². The maximum absolute atomic E-state index is 11.4. The Morgan fingerprint density at radius 1 is 1.50 bits per heavy atom. The van der Waals surface area contributed by atoms with E-state index in [1.807, 2.05) is 19.1 Å². The molecule has 0 aromatic heterocycles. The lowest BCUT2D eigenvalue weighted by Crippen LogP contribution is -2.21. The highest BCUT2D eigenvalue weighted by Crippen LogP contribution is 2.34. The van der Waals surface area contributed by atoms with Gasteiger partial charge >= 0.3 is 0 Å². The third-order valence-electron chi connectivity index (χ3n) is 2.85. The normalized spacial score (nSPS) is 16.6. The van der Waals surface area contributed by atoms with Crippen molar-refractivity contribution in [3.63, 3.8) is 0 Å². The minimum atomic E-state index is -0.523. The summed E-state index contributed by atoms with van der Waals surface area (Å²) < 4.78 is 0.949. The lowest BCUT2D eigenvalue weighted by molar-refractivity contribution is -0.116. The fourth-order valence-corrected chi connectivity index (χ4v) is 2.49. The number of anilines is 1. The summed E-state index contributed by atoms with van der Waals surface area (Å²) in [4.78, 5) is 11.4. The Bertz CT molecular complexity index is 431. The molecule has 2 rings (SSSR count). The van der Waals surface area contributed by atoms with Crippen LogP contribution in [0.15, 0.2) is 16.6 Å². The van der Waals surface area contributed by atoms with Crippen LogP contribution in [0.25, 0.3) is 0 Å². The van der Waals surface area contributed by atoms with E-state index in [9.17, 15) is 9.90 Å². The third-order valence-corrected chi connectivity index (χ3v) is 3.30. The third kappa shape index (κ3) is 2.13. The van der Waals surface area contributed by atoms with Gasteiger partial charge in [-0.3, -0.25) is 4.79 Å². The van der Waals surface area contributed by atoms with Gasteiger partial charge in [0.15, 0.2) is 0 Å². The van der Waals surface area contributed by atoms with Gasteiger partial charge in [0.05, 0.1) is 6.10 Å². The van der Waals surface area contributed by atoms with Crippen molar-refractivity contribution in [1.29, 1.82) is 0 Å². The second kappa shape index (κ2) is 4.55. The van der Waals surface area contributed by atoms with Gasteiger partial charge in [-0.2, -0.15) is 0 Å². The molecule has 0 saturated carbocycles. The molecule has 1 aliphatic rings. The molecule has 0 radical (unpaired) electrons. The van der Waals surface area contributed by atoms with Crippen LogP contribution in [0, 0.1) is 0 Å². The number of benzene rings is 1. The molecule has 4 heteroatoms. The SMILES string of the molecule is CCC(O)c1cc(Br)cc2c1NC(=O)CC2. The first-order valence-corrected chi connectivity index (χ1v) is 6.21. The zero-order valence-corrected chi connectivity index (χ0v) is 10.7. The molecule has 0 bridgehead atoms. The summed E-state index contributed by atoms with van der Waals surface area (Å²) in [5.74, 6) is 0.0272. The first kappa shape index (κ1) is 11.6. The van der Waals surface area contributed by atoms with E-state index < -0.39 is 6.10 Å². The van der Waals surface area contributed by atoms with Crippen molar-refractivity contribution in [2.24, 2.45) is 0 Å². The summed E-state index contributed by atoms with van der Waals surface area (Å²) in [6.07, 6.45) is 1.37. The number of hydrogen-bond donors (Lipinski definition) is 2. The van der Waals surface area contributed by atoms with Crippen molar-refractivity contribution in [3.8, 4) is 0 Å². The van der Waals surface area contributed by atoms with Crippen molar-refractivity contribution >= 4 is 27.5 Å². The number of carbonyl (C=O) groups excluding carboxylic acids is 1. The molecule has 0 saturated heterocycles. The molecular formula is C12H14BrNO2. The second-order valence-corrected chi connectivity index (χ2v) is 4.92. The van der Waals surface area contributed by atoms with E-state index in [1.165, 1.54) is 0 Å². The number of carbonyl (C=O) groups is 1. The van der Waals surface area contributed by atoms with Crippen molar-refractivity contribution in [3.05, 3.63) is 27.7 Å². The molecule has 0 fully saturated rings. The molecule has 16 heavy (non-hydrogen) atoms. The molecule has 0 aliphatic carbocycles. The van der Waals surface area contributed by atoms with Gasteiger partial charge < -0.3 is 10.4 Å². The Morgan fingerprint density at radius 3 is 2.94 bits per heavy atom. The van der Waals surface area contributed by atoms with Crippen LogP contribution in [0.5, 0.6) is 0 Å². The molecule has 3 nitrogen and oxygen atoms in total. The van der Waals surface area contributed by atoms with Gasteiger partial charge in [-0.05, 0) is 30.5 Å². The highest BCUT2D eigenvalue weighted by molar-refractivity contribution is 9.10. The van der Waals surface area contributed by atoms with Crippen LogP contribution < -0.4 is 5.32 Å². The average Bonchev–Trinajstić information content (AvgIpc) is 2.27. The van der Waals surface area contributed by atoms with E-state index in [2.05, 4.69) is 21.2 Å². The van der Waals surface area contributed by atoms with E-state index in [-0.39, 0.29) is 5.91 Å².